The summed E-state index contributed by atoms with van der Waals surface area (Å²) >= 11 is -1.53. The number of carboxylic acids is 1. The van der Waals surface area contributed by atoms with E-state index in [4.69, 9.17) is 0 Å². The number of carbonyl (C=O) groups is 1. The van der Waals surface area contributed by atoms with Crippen LogP contribution in [0.2, 0.25) is 0 Å². The second kappa shape index (κ2) is 8.77. The Hall–Kier alpha value is -2.74. The summed E-state index contributed by atoms with van der Waals surface area (Å²) in [7, 11) is 0. The van der Waals surface area contributed by atoms with Crippen LogP contribution in [0.1, 0.15) is 23.6 Å². The van der Waals surface area contributed by atoms with Crippen LogP contribution in [0.3, 0.4) is 0 Å². The molecule has 0 aliphatic rings. The van der Waals surface area contributed by atoms with Crippen LogP contribution in [-0.2, 0) is 16.2 Å². The molecular weight excluding hydrogens is 362 g/mol. The standard InChI is InChI=1S/C20H19N3O3S/c1-14-5-7-17(8-6-14)27(26)23-18(12-20(24)25)15-3-2-4-16(11-15)19-13-21-9-10-22-19/h2-11,13,18,23H,12H2,1H3,(H,24,25). The number of aryl methyl sites for hydroxylation is 1. The van der Waals surface area contributed by atoms with Crippen molar-refractivity contribution in [1.82, 2.24) is 14.7 Å². The quantitative estimate of drug-likeness (QED) is 0.610. The van der Waals surface area contributed by atoms with Gasteiger partial charge in [0, 0.05) is 18.0 Å². The summed E-state index contributed by atoms with van der Waals surface area (Å²) in [4.78, 5) is 20.3. The first kappa shape index (κ1) is 19.0. The molecule has 0 aliphatic heterocycles. The maximum absolute atomic E-state index is 12.7. The van der Waals surface area contributed by atoms with E-state index in [1.807, 2.05) is 43.3 Å². The Labute approximate surface area is 160 Å². The number of aliphatic carboxylic acids is 1. The van der Waals surface area contributed by atoms with Crippen LogP contribution >= 0.6 is 0 Å². The molecule has 3 aromatic rings. The van der Waals surface area contributed by atoms with Gasteiger partial charge in [-0.15, -0.1) is 4.72 Å². The molecule has 6 nitrogen and oxygen atoms in total. The van der Waals surface area contributed by atoms with Gasteiger partial charge in [0.15, 0.2) is 4.90 Å². The third-order valence-corrected chi connectivity index (χ3v) is 5.21. The first-order chi connectivity index (χ1) is 13.0. The van der Waals surface area contributed by atoms with Gasteiger partial charge in [-0.25, -0.2) is 0 Å². The summed E-state index contributed by atoms with van der Waals surface area (Å²) in [6.45, 7) is 1.95. The molecule has 2 N–H and O–H groups in total. The predicted octanol–water partition coefficient (Wildman–Crippen LogP) is 3.28. The number of nitrogens with one attached hydrogen (secondary N) is 1. The Morgan fingerprint density at radius 1 is 1.22 bits per heavy atom. The molecule has 0 saturated heterocycles. The minimum absolute atomic E-state index is 0.193. The fourth-order valence-corrected chi connectivity index (χ4v) is 3.62. The molecule has 0 radical (unpaired) electrons. The number of nitrogens with zero attached hydrogens (tertiary/aromatic N) is 2. The van der Waals surface area contributed by atoms with Crippen molar-refractivity contribution in [3.63, 3.8) is 0 Å². The average molecular weight is 381 g/mol. The van der Waals surface area contributed by atoms with Crippen LogP contribution in [0.25, 0.3) is 11.3 Å². The molecule has 0 bridgehead atoms. The van der Waals surface area contributed by atoms with Crippen molar-refractivity contribution in [1.29, 1.82) is 0 Å². The minimum Gasteiger partial charge on any atom is -0.593 e. The molecule has 2 atom stereocenters. The first-order valence-corrected chi connectivity index (χ1v) is 9.50. The van der Waals surface area contributed by atoms with E-state index < -0.39 is 23.4 Å². The van der Waals surface area contributed by atoms with Gasteiger partial charge in [0.25, 0.3) is 0 Å². The fourth-order valence-electron chi connectivity index (χ4n) is 2.62. The molecule has 0 spiro atoms. The lowest BCUT2D eigenvalue weighted by Crippen LogP contribution is -2.30. The van der Waals surface area contributed by atoms with Gasteiger partial charge < -0.3 is 9.66 Å². The van der Waals surface area contributed by atoms with Crippen molar-refractivity contribution in [2.45, 2.75) is 24.3 Å². The smallest absolute Gasteiger partial charge is 0.305 e. The summed E-state index contributed by atoms with van der Waals surface area (Å²) in [6.07, 6.45) is 4.64. The Balaban J connectivity index is 1.86. The summed E-state index contributed by atoms with van der Waals surface area (Å²) in [5.41, 5.74) is 3.29. The first-order valence-electron chi connectivity index (χ1n) is 8.35. The lowest BCUT2D eigenvalue weighted by molar-refractivity contribution is -0.137. The Morgan fingerprint density at radius 2 is 2.00 bits per heavy atom. The molecule has 0 aliphatic carbocycles. The molecule has 1 aromatic heterocycles. The zero-order valence-electron chi connectivity index (χ0n) is 14.7. The van der Waals surface area contributed by atoms with Crippen molar-refractivity contribution in [2.24, 2.45) is 0 Å². The molecule has 27 heavy (non-hydrogen) atoms. The Morgan fingerprint density at radius 3 is 2.67 bits per heavy atom. The number of aromatic nitrogens is 2. The molecule has 0 saturated carbocycles. The summed E-state index contributed by atoms with van der Waals surface area (Å²) in [5.74, 6) is -0.974. The van der Waals surface area contributed by atoms with E-state index in [1.165, 1.54) is 0 Å². The van der Waals surface area contributed by atoms with E-state index in [9.17, 15) is 14.5 Å². The molecule has 3 rings (SSSR count). The van der Waals surface area contributed by atoms with Gasteiger partial charge in [0.2, 0.25) is 0 Å². The van der Waals surface area contributed by atoms with Gasteiger partial charge in [-0.3, -0.25) is 14.8 Å². The lowest BCUT2D eigenvalue weighted by atomic mass is 10.0. The Bertz CT molecular complexity index is 904. The number of hydrogen-bond acceptors (Lipinski definition) is 5. The summed E-state index contributed by atoms with van der Waals surface area (Å²) < 4.78 is 15.6. The SMILES string of the molecule is Cc1ccc([S+]([O-])NC(CC(=O)O)c2cccc(-c3cnccn3)c2)cc1. The molecule has 7 heteroatoms. The van der Waals surface area contributed by atoms with Crippen molar-refractivity contribution in [3.05, 3.63) is 78.2 Å². The minimum atomic E-state index is -1.53. The molecule has 1 heterocycles. The monoisotopic (exact) mass is 381 g/mol. The van der Waals surface area contributed by atoms with Crippen molar-refractivity contribution in [2.75, 3.05) is 0 Å². The largest absolute Gasteiger partial charge is 0.593 e. The third kappa shape index (κ3) is 5.13. The van der Waals surface area contributed by atoms with E-state index in [1.54, 1.807) is 30.7 Å². The summed E-state index contributed by atoms with van der Waals surface area (Å²) in [6, 6.07) is 14.0. The van der Waals surface area contributed by atoms with Gasteiger partial charge in [0.05, 0.1) is 35.7 Å². The van der Waals surface area contributed by atoms with E-state index >= 15 is 0 Å². The second-order valence-electron chi connectivity index (χ2n) is 6.07. The predicted molar refractivity (Wildman–Crippen MR) is 103 cm³/mol. The highest BCUT2D eigenvalue weighted by molar-refractivity contribution is 7.89. The molecule has 0 amide bonds. The van der Waals surface area contributed by atoms with Gasteiger partial charge in [0.1, 0.15) is 0 Å². The van der Waals surface area contributed by atoms with Crippen LogP contribution in [-0.4, -0.2) is 25.6 Å². The maximum Gasteiger partial charge on any atom is 0.305 e. The van der Waals surface area contributed by atoms with Crippen LogP contribution in [0.5, 0.6) is 0 Å². The van der Waals surface area contributed by atoms with Crippen LogP contribution in [0.15, 0.2) is 72.0 Å². The van der Waals surface area contributed by atoms with E-state index in [0.29, 0.717) is 10.6 Å². The highest BCUT2D eigenvalue weighted by Crippen LogP contribution is 2.25. The molecular formula is C20H19N3O3S. The van der Waals surface area contributed by atoms with Gasteiger partial charge >= 0.3 is 5.97 Å². The van der Waals surface area contributed by atoms with E-state index in [-0.39, 0.29) is 6.42 Å². The molecule has 2 unspecified atom stereocenters. The zero-order valence-corrected chi connectivity index (χ0v) is 15.5. The highest BCUT2D eigenvalue weighted by Gasteiger charge is 2.23. The lowest BCUT2D eigenvalue weighted by Gasteiger charge is -2.19. The summed E-state index contributed by atoms with van der Waals surface area (Å²) in [5, 5.41) is 9.29. The highest BCUT2D eigenvalue weighted by atomic mass is 32.2. The average Bonchev–Trinajstić information content (AvgIpc) is 2.68. The van der Waals surface area contributed by atoms with Crippen molar-refractivity contribution < 1.29 is 14.5 Å². The fraction of sp³-hybridized carbons (Fsp3) is 0.150. The van der Waals surface area contributed by atoms with Gasteiger partial charge in [-0.05, 0) is 30.7 Å². The molecule has 138 valence electrons. The maximum atomic E-state index is 12.7. The van der Waals surface area contributed by atoms with E-state index in [0.717, 1.165) is 16.7 Å². The third-order valence-electron chi connectivity index (χ3n) is 4.01. The number of hydrogen-bond donors (Lipinski definition) is 2. The van der Waals surface area contributed by atoms with Crippen LogP contribution < -0.4 is 4.72 Å². The van der Waals surface area contributed by atoms with Gasteiger partial charge in [-0.1, -0.05) is 35.9 Å². The number of benzene rings is 2. The van der Waals surface area contributed by atoms with Crippen molar-refractivity contribution >= 4 is 17.3 Å². The number of carboxylic acid groups (broad SMARTS) is 1. The van der Waals surface area contributed by atoms with Crippen LogP contribution in [0, 0.1) is 6.92 Å². The van der Waals surface area contributed by atoms with E-state index in [2.05, 4.69) is 14.7 Å². The molecule has 2 aromatic carbocycles. The number of rotatable bonds is 7. The normalized spacial score (nSPS) is 13.1. The van der Waals surface area contributed by atoms with Crippen LogP contribution in [0.4, 0.5) is 0 Å². The Kier molecular flexibility index (Phi) is 6.18. The van der Waals surface area contributed by atoms with Gasteiger partial charge in [-0.2, -0.15) is 0 Å². The zero-order chi connectivity index (χ0) is 19.2. The van der Waals surface area contributed by atoms with Crippen molar-refractivity contribution in [3.8, 4) is 11.3 Å². The second-order valence-corrected chi connectivity index (χ2v) is 7.31. The topological polar surface area (TPSA) is 98.2 Å². The molecule has 0 fully saturated rings.